The van der Waals surface area contributed by atoms with Gasteiger partial charge in [0.05, 0.1) is 5.69 Å². The maximum atomic E-state index is 10.2. The van der Waals surface area contributed by atoms with Gasteiger partial charge in [-0.15, -0.1) is 29.8 Å². The van der Waals surface area contributed by atoms with Gasteiger partial charge in [0, 0.05) is 33.9 Å². The Morgan fingerprint density at radius 3 is 2.18 bits per heavy atom. The van der Waals surface area contributed by atoms with Crippen molar-refractivity contribution in [1.29, 1.82) is 0 Å². The minimum atomic E-state index is 0. The Hall–Kier alpha value is -3.95. The number of aromatic hydroxyl groups is 1. The molecule has 4 nitrogen and oxygen atoms in total. The van der Waals surface area contributed by atoms with Crippen LogP contribution in [0, 0.1) is 6.07 Å². The number of phenols is 1. The van der Waals surface area contributed by atoms with Crippen LogP contribution in [0.2, 0.25) is 0 Å². The molecule has 2 aromatic heterocycles. The van der Waals surface area contributed by atoms with Crippen molar-refractivity contribution in [3.63, 3.8) is 0 Å². The Balaban J connectivity index is 0.00000259. The van der Waals surface area contributed by atoms with Gasteiger partial charge >= 0.3 is 0 Å². The van der Waals surface area contributed by atoms with E-state index in [1.54, 1.807) is 18.3 Å². The van der Waals surface area contributed by atoms with Crippen molar-refractivity contribution >= 4 is 17.2 Å². The van der Waals surface area contributed by atoms with Gasteiger partial charge in [-0.3, -0.25) is 4.98 Å². The fourth-order valence-corrected chi connectivity index (χ4v) is 3.62. The zero-order chi connectivity index (χ0) is 21.8. The molecule has 0 fully saturated rings. The first-order valence-electron chi connectivity index (χ1n) is 10.3. The maximum absolute atomic E-state index is 10.2. The predicted molar refractivity (Wildman–Crippen MR) is 128 cm³/mol. The second-order valence-corrected chi connectivity index (χ2v) is 7.23. The zero-order valence-corrected chi connectivity index (χ0v) is 18.6. The molecular formula is C28H20N3NiO-. The third-order valence-electron chi connectivity index (χ3n) is 5.12. The van der Waals surface area contributed by atoms with Gasteiger partial charge in [0.25, 0.3) is 0 Å². The number of hydrogen-bond acceptors (Lipinski definition) is 4. The van der Waals surface area contributed by atoms with E-state index in [-0.39, 0.29) is 22.2 Å². The van der Waals surface area contributed by atoms with Gasteiger partial charge in [-0.2, -0.15) is 0 Å². The first-order chi connectivity index (χ1) is 15.8. The molecule has 33 heavy (non-hydrogen) atoms. The third kappa shape index (κ3) is 4.79. The van der Waals surface area contributed by atoms with E-state index in [2.05, 4.69) is 16.0 Å². The topological polar surface area (TPSA) is 49.2 Å². The first kappa shape index (κ1) is 22.3. The van der Waals surface area contributed by atoms with Crippen molar-refractivity contribution in [2.24, 2.45) is 0 Å². The third-order valence-corrected chi connectivity index (χ3v) is 5.12. The van der Waals surface area contributed by atoms with Crippen LogP contribution >= 0.6 is 0 Å². The van der Waals surface area contributed by atoms with E-state index in [1.165, 1.54) is 0 Å². The number of pyridine rings is 2. The molecule has 5 aromatic rings. The molecule has 3 aromatic carbocycles. The number of hydrogen-bond donors (Lipinski definition) is 1. The molecule has 2 heterocycles. The molecule has 0 aliphatic rings. The summed E-state index contributed by atoms with van der Waals surface area (Å²) in [5, 5.41) is 10.2. The molecule has 0 radical (unpaired) electrons. The van der Waals surface area contributed by atoms with Gasteiger partial charge < -0.3 is 10.0 Å². The van der Waals surface area contributed by atoms with E-state index >= 15 is 0 Å². The monoisotopic (exact) mass is 472 g/mol. The van der Waals surface area contributed by atoms with Crippen LogP contribution < -0.4 is 4.90 Å². The van der Waals surface area contributed by atoms with Crippen LogP contribution in [-0.2, 0) is 16.5 Å². The summed E-state index contributed by atoms with van der Waals surface area (Å²) in [5.41, 5.74) is 4.91. The Bertz CT molecular complexity index is 1300. The van der Waals surface area contributed by atoms with Crippen molar-refractivity contribution in [3.05, 3.63) is 121 Å². The number of benzene rings is 3. The Labute approximate surface area is 203 Å². The summed E-state index contributed by atoms with van der Waals surface area (Å²) in [6, 6.07) is 38.5. The molecule has 0 aliphatic carbocycles. The fourth-order valence-electron chi connectivity index (χ4n) is 3.62. The summed E-state index contributed by atoms with van der Waals surface area (Å²) in [4.78, 5) is 11.4. The minimum absolute atomic E-state index is 0. The smallest absolute Gasteiger partial charge is 0.136 e. The van der Waals surface area contributed by atoms with Crippen LogP contribution in [0.5, 0.6) is 5.75 Å². The van der Waals surface area contributed by atoms with Crippen molar-refractivity contribution in [2.45, 2.75) is 0 Å². The zero-order valence-electron chi connectivity index (χ0n) is 17.6. The van der Waals surface area contributed by atoms with Gasteiger partial charge in [-0.05, 0) is 53.8 Å². The van der Waals surface area contributed by atoms with E-state index in [0.717, 1.165) is 28.5 Å². The van der Waals surface area contributed by atoms with E-state index in [9.17, 15) is 5.11 Å². The van der Waals surface area contributed by atoms with Crippen LogP contribution in [0.25, 0.3) is 22.5 Å². The first-order valence-corrected chi connectivity index (χ1v) is 10.3. The summed E-state index contributed by atoms with van der Waals surface area (Å²) in [5.74, 6) is 1.02. The number of para-hydroxylation sites is 2. The van der Waals surface area contributed by atoms with Crippen molar-refractivity contribution in [3.8, 4) is 28.3 Å². The van der Waals surface area contributed by atoms with E-state index in [0.29, 0.717) is 11.3 Å². The molecule has 0 bridgehead atoms. The van der Waals surface area contributed by atoms with Gasteiger partial charge in [0.2, 0.25) is 0 Å². The second-order valence-electron chi connectivity index (χ2n) is 7.23. The normalized spacial score (nSPS) is 10.3. The fraction of sp³-hybridized carbons (Fsp3) is 0. The molecule has 0 unspecified atom stereocenters. The van der Waals surface area contributed by atoms with Gasteiger partial charge in [0.15, 0.2) is 0 Å². The van der Waals surface area contributed by atoms with Crippen LogP contribution in [-0.4, -0.2) is 15.1 Å². The summed E-state index contributed by atoms with van der Waals surface area (Å²) in [6.07, 6.45) is 1.78. The summed E-state index contributed by atoms with van der Waals surface area (Å²) in [6.45, 7) is 0. The van der Waals surface area contributed by atoms with Gasteiger partial charge in [-0.1, -0.05) is 48.5 Å². The summed E-state index contributed by atoms with van der Waals surface area (Å²) < 4.78 is 0. The molecule has 0 atom stereocenters. The SMILES string of the molecule is Oc1ccccc1-c1cccc(-c2[c-]c(N(c3ccccc3)c3ccccn3)ccc2)n1.[Ni]. The van der Waals surface area contributed by atoms with E-state index < -0.39 is 0 Å². The standard InChI is InChI=1S/C28H20N3O.Ni/c32-27-17-5-4-14-24(27)26-16-9-15-25(30-26)21-10-8-13-23(20-21)31(22-11-2-1-3-12-22)28-18-6-7-19-29-28;/h1-19,32H;/q-1;. The van der Waals surface area contributed by atoms with E-state index in [4.69, 9.17) is 4.98 Å². The number of phenolic OH excluding ortho intramolecular Hbond substituents is 1. The molecule has 1 N–H and O–H groups in total. The predicted octanol–water partition coefficient (Wildman–Crippen LogP) is 6.78. The number of aromatic nitrogens is 2. The molecule has 0 aliphatic heterocycles. The largest absolute Gasteiger partial charge is 0.507 e. The molecule has 0 saturated heterocycles. The van der Waals surface area contributed by atoms with Crippen molar-refractivity contribution in [2.75, 3.05) is 4.90 Å². The van der Waals surface area contributed by atoms with Crippen LogP contribution in [0.4, 0.5) is 17.2 Å². The average molecular weight is 473 g/mol. The molecule has 5 rings (SSSR count). The molecule has 5 heteroatoms. The minimum Gasteiger partial charge on any atom is -0.507 e. The average Bonchev–Trinajstić information content (AvgIpc) is 2.86. The summed E-state index contributed by atoms with van der Waals surface area (Å²) in [7, 11) is 0. The van der Waals surface area contributed by atoms with Crippen LogP contribution in [0.3, 0.4) is 0 Å². The Morgan fingerprint density at radius 2 is 1.39 bits per heavy atom. The maximum Gasteiger partial charge on any atom is 0.136 e. The quantitative estimate of drug-likeness (QED) is 0.226. The Morgan fingerprint density at radius 1 is 0.667 bits per heavy atom. The molecule has 164 valence electrons. The number of nitrogens with zero attached hydrogens (tertiary/aromatic N) is 3. The van der Waals surface area contributed by atoms with Gasteiger partial charge in [-0.25, -0.2) is 4.98 Å². The van der Waals surface area contributed by atoms with Crippen molar-refractivity contribution < 1.29 is 21.6 Å². The van der Waals surface area contributed by atoms with Crippen molar-refractivity contribution in [1.82, 2.24) is 9.97 Å². The molecular weight excluding hydrogens is 453 g/mol. The molecule has 0 amide bonds. The summed E-state index contributed by atoms with van der Waals surface area (Å²) >= 11 is 0. The number of rotatable bonds is 5. The van der Waals surface area contributed by atoms with Gasteiger partial charge in [0.1, 0.15) is 11.6 Å². The van der Waals surface area contributed by atoms with E-state index in [1.807, 2.05) is 97.1 Å². The molecule has 0 spiro atoms. The number of anilines is 3. The van der Waals surface area contributed by atoms with Crippen LogP contribution in [0.1, 0.15) is 0 Å². The Kier molecular flexibility index (Phi) is 6.82. The second kappa shape index (κ2) is 10.1. The molecule has 0 saturated carbocycles. The van der Waals surface area contributed by atoms with Crippen LogP contribution in [0.15, 0.2) is 115 Å².